The van der Waals surface area contributed by atoms with E-state index in [0.717, 1.165) is 13.0 Å². The van der Waals surface area contributed by atoms with Crippen molar-refractivity contribution in [2.75, 3.05) is 6.54 Å². The lowest BCUT2D eigenvalue weighted by atomic mass is 10.4. The van der Waals surface area contributed by atoms with Gasteiger partial charge in [-0.05, 0) is 13.3 Å². The maximum atomic E-state index is 3.63. The Morgan fingerprint density at radius 3 is 2.88 bits per heavy atom. The predicted molar refractivity (Wildman–Crippen MR) is 34.1 cm³/mol. The average Bonchev–Trinajstić information content (AvgIpc) is 2.42. The molecule has 0 saturated carbocycles. The van der Waals surface area contributed by atoms with Crippen LogP contribution in [0.4, 0.5) is 0 Å². The molecular weight excluding hydrogens is 100 g/mol. The van der Waals surface area contributed by atoms with E-state index in [0.29, 0.717) is 6.17 Å². The molecule has 1 fully saturated rings. The van der Waals surface area contributed by atoms with Crippen molar-refractivity contribution in [3.8, 4) is 0 Å². The number of nitrogens with one attached hydrogen (secondary N) is 1. The lowest BCUT2D eigenvalue weighted by molar-refractivity contribution is 0.496. The maximum absolute atomic E-state index is 3.63. The third kappa shape index (κ3) is 1.32. The Hall–Kier alpha value is -0.340. The number of hydrogen-bond donors (Lipinski definition) is 1. The van der Waals surface area contributed by atoms with Crippen LogP contribution in [0.1, 0.15) is 13.3 Å². The average molecular weight is 112 g/mol. The summed E-state index contributed by atoms with van der Waals surface area (Å²) in [6.07, 6.45) is 3.62. The van der Waals surface area contributed by atoms with Crippen LogP contribution in [0.3, 0.4) is 0 Å². The molecule has 0 aliphatic carbocycles. The standard InChI is InChI=1S/C6H12N2/c1-3-4-5-8-6(2)7-8/h3,6-7H,1,4-5H2,2H3. The largest absolute Gasteiger partial charge is 0.235 e. The molecule has 8 heavy (non-hydrogen) atoms. The molecule has 2 atom stereocenters. The summed E-state index contributed by atoms with van der Waals surface area (Å²) in [6, 6.07) is 0. The van der Waals surface area contributed by atoms with Gasteiger partial charge in [-0.3, -0.25) is 0 Å². The highest BCUT2D eigenvalue weighted by atomic mass is 15.7. The molecule has 1 rings (SSSR count). The number of hydrogen-bond acceptors (Lipinski definition) is 2. The van der Waals surface area contributed by atoms with Gasteiger partial charge in [0.1, 0.15) is 0 Å². The van der Waals surface area contributed by atoms with Gasteiger partial charge < -0.3 is 0 Å². The second kappa shape index (κ2) is 2.29. The van der Waals surface area contributed by atoms with Crippen LogP contribution in [0, 0.1) is 0 Å². The van der Waals surface area contributed by atoms with Gasteiger partial charge in [0.2, 0.25) is 0 Å². The van der Waals surface area contributed by atoms with Crippen molar-refractivity contribution in [2.45, 2.75) is 19.5 Å². The molecule has 0 aromatic rings. The minimum absolute atomic E-state index is 0.606. The van der Waals surface area contributed by atoms with Gasteiger partial charge in [-0.25, -0.2) is 10.4 Å². The van der Waals surface area contributed by atoms with Crippen LogP contribution in [0.5, 0.6) is 0 Å². The Kier molecular flexibility index (Phi) is 1.65. The molecule has 0 bridgehead atoms. The molecule has 1 aliphatic heterocycles. The number of nitrogens with zero attached hydrogens (tertiary/aromatic N) is 1. The first-order valence-electron chi connectivity index (χ1n) is 2.98. The van der Waals surface area contributed by atoms with Gasteiger partial charge >= 0.3 is 0 Å². The summed E-state index contributed by atoms with van der Waals surface area (Å²) in [7, 11) is 0. The van der Waals surface area contributed by atoms with Gasteiger partial charge in [0.05, 0.1) is 6.17 Å². The summed E-state index contributed by atoms with van der Waals surface area (Å²) in [5.74, 6) is 0. The topological polar surface area (TPSA) is 25.0 Å². The highest BCUT2D eigenvalue weighted by Crippen LogP contribution is 2.06. The predicted octanol–water partition coefficient (Wildman–Crippen LogP) is 0.729. The van der Waals surface area contributed by atoms with E-state index in [2.05, 4.69) is 23.9 Å². The first-order chi connectivity index (χ1) is 3.84. The Bertz CT molecular complexity index is 90.5. The van der Waals surface area contributed by atoms with Crippen LogP contribution < -0.4 is 5.43 Å². The van der Waals surface area contributed by atoms with E-state index in [1.54, 1.807) is 0 Å². The quantitative estimate of drug-likeness (QED) is 0.430. The lowest BCUT2D eigenvalue weighted by Crippen LogP contribution is -2.01. The van der Waals surface area contributed by atoms with Gasteiger partial charge in [-0.15, -0.1) is 6.58 Å². The summed E-state index contributed by atoms with van der Waals surface area (Å²) in [5.41, 5.74) is 3.15. The Balaban J connectivity index is 1.97. The summed E-state index contributed by atoms with van der Waals surface area (Å²) in [4.78, 5) is 0. The van der Waals surface area contributed by atoms with Crippen molar-refractivity contribution in [3.63, 3.8) is 0 Å². The van der Waals surface area contributed by atoms with Crippen LogP contribution in [-0.2, 0) is 0 Å². The molecule has 1 saturated heterocycles. The van der Waals surface area contributed by atoms with Crippen molar-refractivity contribution < 1.29 is 0 Å². The van der Waals surface area contributed by atoms with Gasteiger partial charge in [-0.1, -0.05) is 6.08 Å². The number of rotatable bonds is 3. The zero-order chi connectivity index (χ0) is 5.98. The van der Waals surface area contributed by atoms with Crippen molar-refractivity contribution in [1.29, 1.82) is 0 Å². The van der Waals surface area contributed by atoms with Crippen LogP contribution in [0.2, 0.25) is 0 Å². The Morgan fingerprint density at radius 1 is 1.88 bits per heavy atom. The van der Waals surface area contributed by atoms with E-state index < -0.39 is 0 Å². The fourth-order valence-corrected chi connectivity index (χ4v) is 0.695. The summed E-state index contributed by atoms with van der Waals surface area (Å²) in [6.45, 7) is 6.87. The summed E-state index contributed by atoms with van der Waals surface area (Å²) < 4.78 is 0. The molecule has 2 nitrogen and oxygen atoms in total. The lowest BCUT2D eigenvalue weighted by Gasteiger charge is -1.91. The minimum Gasteiger partial charge on any atom is -0.235 e. The zero-order valence-electron chi connectivity index (χ0n) is 5.22. The van der Waals surface area contributed by atoms with Crippen LogP contribution >= 0.6 is 0 Å². The third-order valence-corrected chi connectivity index (χ3v) is 1.33. The molecule has 1 heterocycles. The zero-order valence-corrected chi connectivity index (χ0v) is 5.22. The number of hydrazine groups is 1. The van der Waals surface area contributed by atoms with Crippen molar-refractivity contribution in [2.24, 2.45) is 0 Å². The highest BCUT2D eigenvalue weighted by Gasteiger charge is 2.25. The van der Waals surface area contributed by atoms with E-state index in [9.17, 15) is 0 Å². The molecule has 1 aliphatic rings. The Labute approximate surface area is 50.1 Å². The van der Waals surface area contributed by atoms with Crippen molar-refractivity contribution >= 4 is 0 Å². The van der Waals surface area contributed by atoms with Crippen LogP contribution in [-0.4, -0.2) is 17.7 Å². The molecular formula is C6H12N2. The van der Waals surface area contributed by atoms with Gasteiger partial charge in [-0.2, -0.15) is 0 Å². The Morgan fingerprint density at radius 2 is 2.50 bits per heavy atom. The first-order valence-corrected chi connectivity index (χ1v) is 2.98. The fourth-order valence-electron chi connectivity index (χ4n) is 0.695. The molecule has 1 N–H and O–H groups in total. The first kappa shape index (κ1) is 5.79. The molecule has 0 aromatic carbocycles. The van der Waals surface area contributed by atoms with E-state index in [-0.39, 0.29) is 0 Å². The van der Waals surface area contributed by atoms with Crippen molar-refractivity contribution in [3.05, 3.63) is 12.7 Å². The molecule has 0 radical (unpaired) electrons. The molecule has 0 spiro atoms. The van der Waals surface area contributed by atoms with Crippen molar-refractivity contribution in [1.82, 2.24) is 10.4 Å². The van der Waals surface area contributed by atoms with E-state index >= 15 is 0 Å². The SMILES string of the molecule is C=CCCN1NC1C. The molecule has 2 unspecified atom stereocenters. The second-order valence-electron chi connectivity index (χ2n) is 2.08. The fraction of sp³-hybridized carbons (Fsp3) is 0.667. The molecule has 46 valence electrons. The molecule has 2 heteroatoms. The maximum Gasteiger partial charge on any atom is 0.0835 e. The molecule has 0 amide bonds. The minimum atomic E-state index is 0.606. The van der Waals surface area contributed by atoms with Gasteiger partial charge in [0.15, 0.2) is 0 Å². The summed E-state index contributed by atoms with van der Waals surface area (Å²) >= 11 is 0. The van der Waals surface area contributed by atoms with Gasteiger partial charge in [0.25, 0.3) is 0 Å². The van der Waals surface area contributed by atoms with Crippen LogP contribution in [0.15, 0.2) is 12.7 Å². The third-order valence-electron chi connectivity index (χ3n) is 1.33. The van der Waals surface area contributed by atoms with E-state index in [1.165, 1.54) is 0 Å². The monoisotopic (exact) mass is 112 g/mol. The normalized spacial score (nSPS) is 34.6. The molecule has 0 aromatic heterocycles. The van der Waals surface area contributed by atoms with Gasteiger partial charge in [0, 0.05) is 6.54 Å². The van der Waals surface area contributed by atoms with E-state index in [1.807, 2.05) is 6.08 Å². The highest BCUT2D eigenvalue weighted by molar-refractivity contribution is 4.76. The second-order valence-corrected chi connectivity index (χ2v) is 2.08. The van der Waals surface area contributed by atoms with Crippen LogP contribution in [0.25, 0.3) is 0 Å². The smallest absolute Gasteiger partial charge is 0.0835 e. The summed E-state index contributed by atoms with van der Waals surface area (Å²) in [5, 5.41) is 2.18. The van der Waals surface area contributed by atoms with E-state index in [4.69, 9.17) is 0 Å².